The summed E-state index contributed by atoms with van der Waals surface area (Å²) in [6.45, 7) is 13.4. The fourth-order valence-corrected chi connectivity index (χ4v) is 11.6. The first-order valence-corrected chi connectivity index (χ1v) is 27.2. The Labute approximate surface area is 475 Å². The van der Waals surface area contributed by atoms with Crippen molar-refractivity contribution in [3.8, 4) is 39.1 Å². The Morgan fingerprint density at radius 3 is 1.82 bits per heavy atom. The standard InChI is InChI=1S/C74H60ClN3O/c1-73(2,3)53-45-58(76(56-32-22-28-51(42-56)49-24-10-7-11-25-49)67-43-52(60-34-16-19-37-64(60)74(4,5)6)44-69-70(67)63-36-18-21-39-68(63)79-69)48-59(46-53)77(57-33-23-29-54(75)47-57)72-61(50-26-12-8-13-27-50)40-41-66-71(72)62-35-17-20-38-65(62)78(66)55-30-14-9-15-31-55/h7-48H,1-6H3/i7D,10D,11D,24D,25D. The summed E-state index contributed by atoms with van der Waals surface area (Å²) in [4.78, 5) is 4.64. The topological polar surface area (TPSA) is 24.6 Å². The number of halogens is 1. The van der Waals surface area contributed by atoms with Crippen LogP contribution in [-0.2, 0) is 10.8 Å². The van der Waals surface area contributed by atoms with Crippen molar-refractivity contribution >= 4 is 89.5 Å². The van der Waals surface area contributed by atoms with Gasteiger partial charge >= 0.3 is 0 Å². The average Bonchev–Trinajstić information content (AvgIpc) is 1.74. The number of benzene rings is 11. The molecule has 0 amide bonds. The second-order valence-corrected chi connectivity index (χ2v) is 22.8. The molecule has 2 aromatic heterocycles. The van der Waals surface area contributed by atoms with Gasteiger partial charge in [-0.05, 0) is 141 Å². The summed E-state index contributed by atoms with van der Waals surface area (Å²) in [6.07, 6.45) is 0. The molecule has 5 heteroatoms. The molecule has 0 spiro atoms. The quantitative estimate of drug-likeness (QED) is 0.136. The first-order valence-electron chi connectivity index (χ1n) is 29.4. The smallest absolute Gasteiger partial charge is 0.138 e. The Kier molecular flexibility index (Phi) is 11.0. The largest absolute Gasteiger partial charge is 0.456 e. The molecule has 0 radical (unpaired) electrons. The molecule has 0 fully saturated rings. The maximum atomic E-state index is 9.22. The van der Waals surface area contributed by atoms with Gasteiger partial charge in [-0.1, -0.05) is 217 Å². The van der Waals surface area contributed by atoms with Crippen LogP contribution in [0.2, 0.25) is 5.02 Å². The van der Waals surface area contributed by atoms with E-state index in [9.17, 15) is 2.74 Å². The summed E-state index contributed by atoms with van der Waals surface area (Å²) in [5, 5.41) is 4.52. The number of furan rings is 1. The van der Waals surface area contributed by atoms with Crippen LogP contribution in [0.25, 0.3) is 82.8 Å². The van der Waals surface area contributed by atoms with E-state index in [0.29, 0.717) is 21.9 Å². The van der Waals surface area contributed by atoms with Gasteiger partial charge in [-0.25, -0.2) is 0 Å². The van der Waals surface area contributed by atoms with Crippen LogP contribution in [0, 0.1) is 0 Å². The molecule has 4 nitrogen and oxygen atoms in total. The fourth-order valence-electron chi connectivity index (χ4n) is 11.5. The predicted octanol–water partition coefficient (Wildman–Crippen LogP) is 21.9. The van der Waals surface area contributed by atoms with Gasteiger partial charge in [0.1, 0.15) is 11.2 Å². The molecule has 2 heterocycles. The molecule has 384 valence electrons. The van der Waals surface area contributed by atoms with Crippen LogP contribution in [-0.4, -0.2) is 4.57 Å². The number of hydrogen-bond donors (Lipinski definition) is 0. The molecule has 0 N–H and O–H groups in total. The fraction of sp³-hybridized carbons (Fsp3) is 0.108. The molecule has 0 aliphatic rings. The molecule has 0 unspecified atom stereocenters. The minimum atomic E-state index is -0.445. The van der Waals surface area contributed by atoms with Gasteiger partial charge in [0.15, 0.2) is 0 Å². The third-order valence-corrected chi connectivity index (χ3v) is 15.4. The average molecular weight is 1050 g/mol. The molecule has 0 saturated heterocycles. The lowest BCUT2D eigenvalue weighted by Crippen LogP contribution is -2.18. The highest BCUT2D eigenvalue weighted by atomic mass is 35.5. The van der Waals surface area contributed by atoms with Crippen LogP contribution < -0.4 is 9.80 Å². The predicted molar refractivity (Wildman–Crippen MR) is 336 cm³/mol. The van der Waals surface area contributed by atoms with Gasteiger partial charge in [-0.2, -0.15) is 0 Å². The molecule has 13 rings (SSSR count). The van der Waals surface area contributed by atoms with Crippen LogP contribution in [0.4, 0.5) is 34.1 Å². The molecular weight excluding hydrogens is 982 g/mol. The van der Waals surface area contributed by atoms with Crippen LogP contribution in [0.3, 0.4) is 0 Å². The summed E-state index contributed by atoms with van der Waals surface area (Å²) >= 11 is 7.17. The zero-order valence-corrected chi connectivity index (χ0v) is 45.7. The maximum Gasteiger partial charge on any atom is 0.138 e. The Bertz CT molecular complexity index is 4700. The molecule has 79 heavy (non-hydrogen) atoms. The van der Waals surface area contributed by atoms with E-state index in [2.05, 4.69) is 214 Å². The Morgan fingerprint density at radius 1 is 0.430 bits per heavy atom. The zero-order chi connectivity index (χ0) is 58.3. The summed E-state index contributed by atoms with van der Waals surface area (Å²) in [7, 11) is 0. The van der Waals surface area contributed by atoms with Crippen molar-refractivity contribution in [2.75, 3.05) is 9.80 Å². The minimum absolute atomic E-state index is 0.113. The SMILES string of the molecule is [2H]c1c([2H])c([2H])c(-c2cccc(N(c3cc(N(c4cccc(Cl)c4)c4c(-c5ccccc5)ccc5c4c4ccccc4n5-c4ccccc4)cc(C(C)(C)C)c3)c3cc(-c4ccccc4C(C)(C)C)cc4oc5ccccc5c34)c2)c([2H])c1[2H]. The first-order chi connectivity index (χ1) is 40.4. The van der Waals surface area contributed by atoms with Gasteiger partial charge in [0.2, 0.25) is 0 Å². The molecule has 0 aliphatic heterocycles. The van der Waals surface area contributed by atoms with Gasteiger partial charge in [-0.3, -0.25) is 0 Å². The van der Waals surface area contributed by atoms with Gasteiger partial charge in [0.25, 0.3) is 0 Å². The summed E-state index contributed by atoms with van der Waals surface area (Å²) in [5.74, 6) is 0. The summed E-state index contributed by atoms with van der Waals surface area (Å²) in [5.41, 5.74) is 15.8. The minimum Gasteiger partial charge on any atom is -0.456 e. The maximum absolute atomic E-state index is 9.22. The molecule has 13 aromatic rings. The van der Waals surface area contributed by atoms with Crippen molar-refractivity contribution < 1.29 is 11.3 Å². The van der Waals surface area contributed by atoms with E-state index in [4.69, 9.17) is 20.1 Å². The number of rotatable bonds is 10. The first kappa shape index (κ1) is 44.0. The van der Waals surface area contributed by atoms with Crippen molar-refractivity contribution in [2.45, 2.75) is 52.4 Å². The van der Waals surface area contributed by atoms with E-state index in [1.807, 2.05) is 66.7 Å². The van der Waals surface area contributed by atoms with Crippen molar-refractivity contribution in [3.63, 3.8) is 0 Å². The second-order valence-electron chi connectivity index (χ2n) is 22.4. The lowest BCUT2D eigenvalue weighted by molar-refractivity contribution is 0.590. The van der Waals surface area contributed by atoms with Crippen LogP contribution in [0.1, 0.15) is 59.5 Å². The Hall–Kier alpha value is -9.09. The normalized spacial score (nSPS) is 12.9. The molecule has 0 atom stereocenters. The number of aromatic nitrogens is 1. The molecule has 0 aliphatic carbocycles. The van der Waals surface area contributed by atoms with Crippen LogP contribution in [0.5, 0.6) is 0 Å². The van der Waals surface area contributed by atoms with Gasteiger partial charge in [0, 0.05) is 55.2 Å². The van der Waals surface area contributed by atoms with Crippen molar-refractivity contribution in [3.05, 3.63) is 271 Å². The summed E-state index contributed by atoms with van der Waals surface area (Å²) < 4.78 is 53.8. The highest BCUT2D eigenvalue weighted by Crippen LogP contribution is 2.53. The highest BCUT2D eigenvalue weighted by molar-refractivity contribution is 6.31. The van der Waals surface area contributed by atoms with E-state index in [1.54, 1.807) is 0 Å². The van der Waals surface area contributed by atoms with E-state index >= 15 is 0 Å². The molecule has 0 bridgehead atoms. The number of nitrogens with zero attached hydrogens (tertiary/aromatic N) is 3. The lowest BCUT2D eigenvalue weighted by atomic mass is 9.81. The van der Waals surface area contributed by atoms with Crippen molar-refractivity contribution in [1.29, 1.82) is 0 Å². The highest BCUT2D eigenvalue weighted by Gasteiger charge is 2.30. The van der Waals surface area contributed by atoms with Crippen LogP contribution >= 0.6 is 11.6 Å². The lowest BCUT2D eigenvalue weighted by Gasteiger charge is -2.34. The van der Waals surface area contributed by atoms with E-state index in [1.165, 1.54) is 5.56 Å². The second kappa shape index (κ2) is 19.7. The van der Waals surface area contributed by atoms with Crippen molar-refractivity contribution in [1.82, 2.24) is 4.57 Å². The van der Waals surface area contributed by atoms with Gasteiger partial charge in [0.05, 0.1) is 34.6 Å². The van der Waals surface area contributed by atoms with E-state index in [0.717, 1.165) is 100 Å². The third-order valence-electron chi connectivity index (χ3n) is 15.1. The number of hydrogen-bond acceptors (Lipinski definition) is 3. The Balaban J connectivity index is 1.19. The number of para-hydroxylation sites is 3. The van der Waals surface area contributed by atoms with Gasteiger partial charge < -0.3 is 18.8 Å². The van der Waals surface area contributed by atoms with E-state index < -0.39 is 23.5 Å². The monoisotopic (exact) mass is 1050 g/mol. The van der Waals surface area contributed by atoms with Crippen molar-refractivity contribution in [2.24, 2.45) is 0 Å². The molecule has 0 saturated carbocycles. The summed E-state index contributed by atoms with van der Waals surface area (Å²) in [6, 6.07) is 76.1. The zero-order valence-electron chi connectivity index (χ0n) is 50.0. The Morgan fingerprint density at radius 2 is 1.08 bits per heavy atom. The molecule has 11 aromatic carbocycles. The van der Waals surface area contributed by atoms with Crippen LogP contribution in [0.15, 0.2) is 259 Å². The number of anilines is 6. The van der Waals surface area contributed by atoms with E-state index in [-0.39, 0.29) is 23.1 Å². The van der Waals surface area contributed by atoms with Gasteiger partial charge in [-0.15, -0.1) is 0 Å². The third kappa shape index (κ3) is 9.02. The number of fused-ring (bicyclic) bond motifs is 6. The molecular formula is C74H60ClN3O.